The molecule has 0 aliphatic rings. The minimum absolute atomic E-state index is 0.175. The minimum Gasteiger partial charge on any atom is -0.549 e. The van der Waals surface area contributed by atoms with Gasteiger partial charge in [0.1, 0.15) is 11.8 Å². The Hall–Kier alpha value is -2.12. The number of esters is 2. The van der Waals surface area contributed by atoms with Crippen LogP contribution in [0.4, 0.5) is 0 Å². The highest BCUT2D eigenvalue weighted by Crippen LogP contribution is 2.15. The van der Waals surface area contributed by atoms with Crippen molar-refractivity contribution >= 4 is 23.9 Å². The lowest BCUT2D eigenvalue weighted by molar-refractivity contribution is -0.325. The predicted octanol–water partition coefficient (Wildman–Crippen LogP) is -3.16. The van der Waals surface area contributed by atoms with Crippen LogP contribution in [0.15, 0.2) is 0 Å². The highest BCUT2D eigenvalue weighted by molar-refractivity contribution is 6.05. The van der Waals surface area contributed by atoms with Crippen molar-refractivity contribution in [3.05, 3.63) is 0 Å². The molecular formula is C10H12O8-2. The molecule has 0 saturated carbocycles. The normalized spacial score (nSPS) is 13.2. The maximum absolute atomic E-state index is 11.3. The summed E-state index contributed by atoms with van der Waals surface area (Å²) >= 11 is 0. The van der Waals surface area contributed by atoms with Crippen molar-refractivity contribution in [3.63, 3.8) is 0 Å². The van der Waals surface area contributed by atoms with Crippen molar-refractivity contribution < 1.29 is 38.9 Å². The van der Waals surface area contributed by atoms with Crippen molar-refractivity contribution in [1.82, 2.24) is 0 Å². The topological polar surface area (TPSA) is 133 Å². The third-order valence-corrected chi connectivity index (χ3v) is 1.92. The van der Waals surface area contributed by atoms with Crippen LogP contribution in [0.3, 0.4) is 0 Å². The van der Waals surface area contributed by atoms with Crippen LogP contribution >= 0.6 is 0 Å². The fraction of sp³-hybridized carbons (Fsp3) is 0.600. The summed E-state index contributed by atoms with van der Waals surface area (Å²) in [6.45, 7) is 2.43. The molecule has 0 fully saturated rings. The second-order valence-corrected chi connectivity index (χ2v) is 3.10. The molecule has 0 aromatic carbocycles. The van der Waals surface area contributed by atoms with Gasteiger partial charge in [-0.3, -0.25) is 9.59 Å². The molecule has 2 atom stereocenters. The van der Waals surface area contributed by atoms with Crippen LogP contribution in [0.2, 0.25) is 0 Å². The molecule has 0 amide bonds. The second-order valence-electron chi connectivity index (χ2n) is 3.10. The van der Waals surface area contributed by atoms with Gasteiger partial charge in [-0.2, -0.15) is 0 Å². The van der Waals surface area contributed by atoms with Gasteiger partial charge in [0.2, 0.25) is 0 Å². The van der Waals surface area contributed by atoms with Crippen LogP contribution in [-0.2, 0) is 28.7 Å². The molecule has 18 heavy (non-hydrogen) atoms. The highest BCUT2D eigenvalue weighted by Gasteiger charge is 2.38. The van der Waals surface area contributed by atoms with Crippen LogP contribution < -0.4 is 10.2 Å². The van der Waals surface area contributed by atoms with Crippen LogP contribution in [0.25, 0.3) is 0 Å². The summed E-state index contributed by atoms with van der Waals surface area (Å²) in [5, 5.41) is 21.5. The number of carbonyl (C=O) groups is 4. The maximum atomic E-state index is 11.3. The van der Waals surface area contributed by atoms with E-state index in [2.05, 4.69) is 9.47 Å². The van der Waals surface area contributed by atoms with E-state index in [1.54, 1.807) is 0 Å². The van der Waals surface area contributed by atoms with E-state index in [4.69, 9.17) is 0 Å². The summed E-state index contributed by atoms with van der Waals surface area (Å²) in [6, 6.07) is 0. The number of hydrogen-bond donors (Lipinski definition) is 0. The van der Waals surface area contributed by atoms with Gasteiger partial charge in [0, 0.05) is 0 Å². The number of hydrogen-bond acceptors (Lipinski definition) is 8. The van der Waals surface area contributed by atoms with Gasteiger partial charge in [-0.05, 0) is 13.8 Å². The van der Waals surface area contributed by atoms with Gasteiger partial charge in [0.05, 0.1) is 25.2 Å². The quantitative estimate of drug-likeness (QED) is 0.346. The molecule has 0 aromatic heterocycles. The number of carboxylic acid groups (broad SMARTS) is 2. The lowest BCUT2D eigenvalue weighted by Crippen LogP contribution is -2.51. The molecule has 102 valence electrons. The molecular weight excluding hydrogens is 248 g/mol. The highest BCUT2D eigenvalue weighted by atomic mass is 16.5. The van der Waals surface area contributed by atoms with E-state index < -0.39 is 35.7 Å². The lowest BCUT2D eigenvalue weighted by Gasteiger charge is -2.25. The van der Waals surface area contributed by atoms with Crippen LogP contribution in [0.5, 0.6) is 0 Å². The summed E-state index contributed by atoms with van der Waals surface area (Å²) < 4.78 is 8.73. The molecule has 0 aliphatic carbocycles. The molecule has 0 unspecified atom stereocenters. The second kappa shape index (κ2) is 7.25. The number of carbonyl (C=O) groups excluding carboxylic acids is 4. The van der Waals surface area contributed by atoms with Crippen molar-refractivity contribution in [3.8, 4) is 0 Å². The van der Waals surface area contributed by atoms with E-state index in [-0.39, 0.29) is 13.2 Å². The molecule has 0 bridgehead atoms. The van der Waals surface area contributed by atoms with Crippen molar-refractivity contribution in [2.75, 3.05) is 13.2 Å². The lowest BCUT2D eigenvalue weighted by atomic mass is 9.92. The summed E-state index contributed by atoms with van der Waals surface area (Å²) in [5.41, 5.74) is 0. The van der Waals surface area contributed by atoms with Gasteiger partial charge in [-0.25, -0.2) is 0 Å². The van der Waals surface area contributed by atoms with Crippen molar-refractivity contribution in [2.45, 2.75) is 13.8 Å². The Kier molecular flexibility index (Phi) is 6.40. The van der Waals surface area contributed by atoms with E-state index in [9.17, 15) is 29.4 Å². The van der Waals surface area contributed by atoms with Crippen LogP contribution in [0, 0.1) is 11.8 Å². The van der Waals surface area contributed by atoms with E-state index in [0.29, 0.717) is 0 Å². The van der Waals surface area contributed by atoms with E-state index in [1.165, 1.54) is 13.8 Å². The summed E-state index contributed by atoms with van der Waals surface area (Å²) in [4.78, 5) is 44.1. The Morgan fingerprint density at radius 3 is 1.28 bits per heavy atom. The SMILES string of the molecule is CCOC(=O)[C@H](C(=O)[O-])[C@@H](C(=O)[O-])C(=O)OCC. The zero-order valence-electron chi connectivity index (χ0n) is 9.83. The molecule has 0 spiro atoms. The Bertz CT molecular complexity index is 314. The molecule has 0 saturated heterocycles. The molecule has 0 radical (unpaired) electrons. The molecule has 8 nitrogen and oxygen atoms in total. The molecule has 0 N–H and O–H groups in total. The summed E-state index contributed by atoms with van der Waals surface area (Å²) in [6.07, 6.45) is 0. The number of ether oxygens (including phenoxy) is 2. The standard InChI is InChI=1S/C10H14O8/c1-3-17-9(15)5(7(11)12)6(8(13)14)10(16)18-4-2/h5-6H,3-4H2,1-2H3,(H,11,12)(H,13,14)/p-2/t5-,6-/m0/s1. The average molecular weight is 260 g/mol. The number of rotatable bonds is 7. The fourth-order valence-electron chi connectivity index (χ4n) is 1.20. The van der Waals surface area contributed by atoms with Crippen molar-refractivity contribution in [2.24, 2.45) is 11.8 Å². The molecule has 0 rings (SSSR count). The Labute approximate surface area is 102 Å². The van der Waals surface area contributed by atoms with Crippen LogP contribution in [0.1, 0.15) is 13.8 Å². The molecule has 8 heteroatoms. The van der Waals surface area contributed by atoms with Gasteiger partial charge in [-0.15, -0.1) is 0 Å². The predicted molar refractivity (Wildman–Crippen MR) is 50.3 cm³/mol. The zero-order chi connectivity index (χ0) is 14.3. The summed E-state index contributed by atoms with van der Waals surface area (Å²) in [7, 11) is 0. The van der Waals surface area contributed by atoms with Gasteiger partial charge in [0.25, 0.3) is 0 Å². The first-order chi connectivity index (χ1) is 8.36. The molecule has 0 aromatic rings. The smallest absolute Gasteiger partial charge is 0.315 e. The first kappa shape index (κ1) is 15.9. The molecule has 0 aliphatic heterocycles. The largest absolute Gasteiger partial charge is 0.549 e. The maximum Gasteiger partial charge on any atom is 0.315 e. The van der Waals surface area contributed by atoms with E-state index in [0.717, 1.165) is 0 Å². The van der Waals surface area contributed by atoms with Gasteiger partial charge in [-0.1, -0.05) is 0 Å². The van der Waals surface area contributed by atoms with E-state index >= 15 is 0 Å². The van der Waals surface area contributed by atoms with Gasteiger partial charge in [0.15, 0.2) is 0 Å². The monoisotopic (exact) mass is 260 g/mol. The third-order valence-electron chi connectivity index (χ3n) is 1.92. The van der Waals surface area contributed by atoms with Crippen LogP contribution in [-0.4, -0.2) is 37.1 Å². The van der Waals surface area contributed by atoms with Crippen molar-refractivity contribution in [1.29, 1.82) is 0 Å². The number of carboxylic acids is 2. The number of aliphatic carboxylic acids is 2. The molecule has 0 heterocycles. The van der Waals surface area contributed by atoms with Gasteiger partial charge >= 0.3 is 11.9 Å². The Morgan fingerprint density at radius 1 is 0.833 bits per heavy atom. The Morgan fingerprint density at radius 2 is 1.11 bits per heavy atom. The minimum atomic E-state index is -2.30. The third kappa shape index (κ3) is 4.04. The van der Waals surface area contributed by atoms with Gasteiger partial charge < -0.3 is 29.3 Å². The summed E-state index contributed by atoms with van der Waals surface area (Å²) in [5.74, 6) is -11.5. The fourth-order valence-corrected chi connectivity index (χ4v) is 1.20. The van der Waals surface area contributed by atoms with E-state index in [1.807, 2.05) is 0 Å². The Balaban J connectivity index is 5.24. The average Bonchev–Trinajstić information content (AvgIpc) is 2.24. The first-order valence-corrected chi connectivity index (χ1v) is 5.11. The first-order valence-electron chi connectivity index (χ1n) is 5.11. The zero-order valence-corrected chi connectivity index (χ0v) is 9.83.